The van der Waals surface area contributed by atoms with Crippen LogP contribution in [0.5, 0.6) is 5.75 Å². The van der Waals surface area contributed by atoms with E-state index in [-0.39, 0.29) is 17.8 Å². The molecule has 3 aromatic rings. The third-order valence-corrected chi connectivity index (χ3v) is 4.90. The third-order valence-electron chi connectivity index (χ3n) is 3.75. The molecule has 1 heterocycles. The second kappa shape index (κ2) is 7.02. The minimum atomic E-state index is -0.377. The molecule has 0 aliphatic carbocycles. The lowest BCUT2D eigenvalue weighted by molar-refractivity contribution is -0.133. The van der Waals surface area contributed by atoms with Gasteiger partial charge >= 0.3 is 5.97 Å². The smallest absolute Gasteiger partial charge is 0.310 e. The number of carbonyl (C=O) groups is 1. The summed E-state index contributed by atoms with van der Waals surface area (Å²) in [4.78, 5) is 24.2. The van der Waals surface area contributed by atoms with Crippen molar-refractivity contribution in [1.29, 1.82) is 0 Å². The van der Waals surface area contributed by atoms with Crippen LogP contribution in [-0.4, -0.2) is 5.97 Å². The second-order valence-electron chi connectivity index (χ2n) is 5.52. The first-order valence-corrected chi connectivity index (χ1v) is 8.81. The van der Waals surface area contributed by atoms with Crippen LogP contribution >= 0.6 is 27.5 Å². The van der Waals surface area contributed by atoms with Crippen LogP contribution < -0.4 is 10.2 Å². The molecule has 1 aromatic heterocycles. The van der Waals surface area contributed by atoms with E-state index in [1.54, 1.807) is 37.3 Å². The van der Waals surface area contributed by atoms with Crippen LogP contribution in [0.3, 0.4) is 0 Å². The lowest BCUT2D eigenvalue weighted by Crippen LogP contribution is -2.07. The van der Waals surface area contributed by atoms with Crippen molar-refractivity contribution in [3.63, 3.8) is 0 Å². The lowest BCUT2D eigenvalue weighted by atomic mass is 10.1. The molecule has 25 heavy (non-hydrogen) atoms. The van der Waals surface area contributed by atoms with Crippen molar-refractivity contribution < 1.29 is 13.9 Å². The highest BCUT2D eigenvalue weighted by atomic mass is 79.9. The number of fused-ring (bicyclic) bond motifs is 1. The third kappa shape index (κ3) is 3.48. The number of para-hydroxylation sites is 1. The number of esters is 1. The maximum atomic E-state index is 12.4. The summed E-state index contributed by atoms with van der Waals surface area (Å²) in [6.45, 7) is 3.60. The highest BCUT2D eigenvalue weighted by Crippen LogP contribution is 2.36. The molecule has 0 amide bonds. The SMILES string of the molecule is CCC(=O)Oc1cc(Br)c(C)cc1-c1cc(=O)c2cccc(Cl)c2o1. The van der Waals surface area contributed by atoms with Gasteiger partial charge < -0.3 is 9.15 Å². The Balaban J connectivity index is 2.27. The van der Waals surface area contributed by atoms with Crippen molar-refractivity contribution in [2.75, 3.05) is 0 Å². The van der Waals surface area contributed by atoms with E-state index in [4.69, 9.17) is 20.8 Å². The molecule has 6 heteroatoms. The number of halogens is 2. The number of carbonyl (C=O) groups excluding carboxylic acids is 1. The molecule has 0 saturated heterocycles. The fraction of sp³-hybridized carbons (Fsp3) is 0.158. The van der Waals surface area contributed by atoms with Crippen LogP contribution in [0.1, 0.15) is 18.9 Å². The number of hydrogen-bond donors (Lipinski definition) is 0. The minimum absolute atomic E-state index is 0.216. The van der Waals surface area contributed by atoms with E-state index in [1.807, 2.05) is 6.92 Å². The average Bonchev–Trinajstić information content (AvgIpc) is 2.58. The van der Waals surface area contributed by atoms with Gasteiger partial charge in [-0.1, -0.05) is 40.5 Å². The molecule has 0 atom stereocenters. The van der Waals surface area contributed by atoms with E-state index in [9.17, 15) is 9.59 Å². The van der Waals surface area contributed by atoms with Gasteiger partial charge in [0.1, 0.15) is 11.5 Å². The van der Waals surface area contributed by atoms with Gasteiger partial charge in [-0.05, 0) is 36.8 Å². The van der Waals surface area contributed by atoms with Gasteiger partial charge in [-0.25, -0.2) is 0 Å². The molecule has 0 N–H and O–H groups in total. The van der Waals surface area contributed by atoms with Crippen molar-refractivity contribution in [2.24, 2.45) is 0 Å². The van der Waals surface area contributed by atoms with Crippen LogP contribution in [0.2, 0.25) is 5.02 Å². The predicted molar refractivity (Wildman–Crippen MR) is 101 cm³/mol. The molecule has 2 aromatic carbocycles. The Hall–Kier alpha value is -2.11. The molecule has 0 unspecified atom stereocenters. The fourth-order valence-corrected chi connectivity index (χ4v) is 2.95. The van der Waals surface area contributed by atoms with E-state index in [2.05, 4.69) is 15.9 Å². The summed E-state index contributed by atoms with van der Waals surface area (Å²) in [5.41, 5.74) is 1.52. The number of benzene rings is 2. The number of aryl methyl sites for hydroxylation is 1. The standard InChI is InChI=1S/C19H14BrClO4/c1-3-18(23)24-16-8-13(20)10(2)7-12(16)17-9-15(22)11-5-4-6-14(21)19(11)25-17/h4-9H,3H2,1-2H3. The normalized spacial score (nSPS) is 10.9. The molecule has 3 rings (SSSR count). The predicted octanol–water partition coefficient (Wildman–Crippen LogP) is 5.50. The Labute approximate surface area is 157 Å². The summed E-state index contributed by atoms with van der Waals surface area (Å²) in [5, 5.41) is 0.745. The second-order valence-corrected chi connectivity index (χ2v) is 6.78. The summed E-state index contributed by atoms with van der Waals surface area (Å²) < 4.78 is 12.1. The average molecular weight is 422 g/mol. The van der Waals surface area contributed by atoms with Gasteiger partial charge in [0.05, 0.1) is 16.0 Å². The fourth-order valence-electron chi connectivity index (χ4n) is 2.41. The topological polar surface area (TPSA) is 56.5 Å². The highest BCUT2D eigenvalue weighted by molar-refractivity contribution is 9.10. The molecule has 0 spiro atoms. The van der Waals surface area contributed by atoms with E-state index in [0.717, 1.165) is 10.0 Å². The number of hydrogen-bond acceptors (Lipinski definition) is 4. The Morgan fingerprint density at radius 2 is 2.04 bits per heavy atom. The van der Waals surface area contributed by atoms with Crippen LogP contribution in [0.25, 0.3) is 22.3 Å². The molecular weight excluding hydrogens is 408 g/mol. The van der Waals surface area contributed by atoms with Crippen molar-refractivity contribution in [3.05, 3.63) is 61.7 Å². The van der Waals surface area contributed by atoms with Crippen LogP contribution in [0.15, 0.2) is 50.1 Å². The van der Waals surface area contributed by atoms with Crippen molar-refractivity contribution >= 4 is 44.5 Å². The Morgan fingerprint density at radius 3 is 2.76 bits per heavy atom. The summed E-state index contributed by atoms with van der Waals surface area (Å²) >= 11 is 9.59. The zero-order valence-electron chi connectivity index (χ0n) is 13.6. The van der Waals surface area contributed by atoms with E-state index < -0.39 is 0 Å². The Bertz CT molecular complexity index is 1040. The van der Waals surface area contributed by atoms with Crippen molar-refractivity contribution in [2.45, 2.75) is 20.3 Å². The Morgan fingerprint density at radius 1 is 1.28 bits per heavy atom. The molecule has 128 valence electrons. The van der Waals surface area contributed by atoms with Gasteiger partial charge in [0.15, 0.2) is 11.0 Å². The zero-order chi connectivity index (χ0) is 18.1. The number of ether oxygens (including phenoxy) is 1. The molecule has 0 bridgehead atoms. The Kier molecular flexibility index (Phi) is 4.97. The van der Waals surface area contributed by atoms with Crippen LogP contribution in [0.4, 0.5) is 0 Å². The summed E-state index contributed by atoms with van der Waals surface area (Å²) in [6, 6.07) is 9.87. The van der Waals surface area contributed by atoms with Gasteiger partial charge in [-0.2, -0.15) is 0 Å². The molecule has 4 nitrogen and oxygen atoms in total. The van der Waals surface area contributed by atoms with Crippen LogP contribution in [0, 0.1) is 6.92 Å². The van der Waals surface area contributed by atoms with Crippen LogP contribution in [-0.2, 0) is 4.79 Å². The van der Waals surface area contributed by atoms with Gasteiger partial charge in [0.25, 0.3) is 0 Å². The first-order chi connectivity index (χ1) is 11.9. The van der Waals surface area contributed by atoms with E-state index >= 15 is 0 Å². The van der Waals surface area contributed by atoms with Crippen molar-refractivity contribution in [3.8, 4) is 17.1 Å². The molecular formula is C19H14BrClO4. The van der Waals surface area contributed by atoms with E-state index in [1.165, 1.54) is 6.07 Å². The summed E-state index contributed by atoms with van der Waals surface area (Å²) in [7, 11) is 0. The summed E-state index contributed by atoms with van der Waals surface area (Å²) in [6.07, 6.45) is 0.235. The quantitative estimate of drug-likeness (QED) is 0.414. The van der Waals surface area contributed by atoms with Gasteiger partial charge in [0, 0.05) is 17.0 Å². The molecule has 0 fully saturated rings. The highest BCUT2D eigenvalue weighted by Gasteiger charge is 2.17. The van der Waals surface area contributed by atoms with Gasteiger partial charge in [-0.3, -0.25) is 9.59 Å². The van der Waals surface area contributed by atoms with E-state index in [0.29, 0.717) is 33.1 Å². The first kappa shape index (κ1) is 17.7. The molecule has 0 saturated carbocycles. The molecule has 0 aliphatic rings. The van der Waals surface area contributed by atoms with Gasteiger partial charge in [-0.15, -0.1) is 0 Å². The maximum absolute atomic E-state index is 12.4. The number of rotatable bonds is 3. The zero-order valence-corrected chi connectivity index (χ0v) is 15.9. The maximum Gasteiger partial charge on any atom is 0.310 e. The van der Waals surface area contributed by atoms with Gasteiger partial charge in [0.2, 0.25) is 0 Å². The van der Waals surface area contributed by atoms with Crippen molar-refractivity contribution in [1.82, 2.24) is 0 Å². The summed E-state index contributed by atoms with van der Waals surface area (Å²) in [5.74, 6) is 0.233. The largest absolute Gasteiger partial charge is 0.454 e. The lowest BCUT2D eigenvalue weighted by Gasteiger charge is -2.12. The first-order valence-electron chi connectivity index (χ1n) is 7.64. The monoisotopic (exact) mass is 420 g/mol. The minimum Gasteiger partial charge on any atom is -0.454 e. The molecule has 0 radical (unpaired) electrons. The molecule has 0 aliphatic heterocycles.